The van der Waals surface area contributed by atoms with Gasteiger partial charge < -0.3 is 0 Å². The zero-order chi connectivity index (χ0) is 8.48. The van der Waals surface area contributed by atoms with Gasteiger partial charge in [-0.05, 0) is 0 Å². The van der Waals surface area contributed by atoms with Crippen LogP contribution in [0.15, 0.2) is 0 Å². The van der Waals surface area contributed by atoms with E-state index in [0.717, 1.165) is 12.8 Å². The molecule has 1 fully saturated rings. The minimum absolute atomic E-state index is 0.0153. The summed E-state index contributed by atoms with van der Waals surface area (Å²) in [6, 6.07) is 0. The van der Waals surface area contributed by atoms with Gasteiger partial charge in [-0.2, -0.15) is 0 Å². The van der Waals surface area contributed by atoms with Crippen molar-refractivity contribution in [3.05, 3.63) is 11.4 Å². The first-order valence-corrected chi connectivity index (χ1v) is 3.80. The molecule has 1 N–H and O–H groups in total. The van der Waals surface area contributed by atoms with Crippen LogP contribution in [0.1, 0.15) is 26.7 Å². The summed E-state index contributed by atoms with van der Waals surface area (Å²) in [6.07, 6.45) is 1.63. The van der Waals surface area contributed by atoms with Crippen LogP contribution >= 0.6 is 0 Å². The molecule has 1 saturated carbocycles. The summed E-state index contributed by atoms with van der Waals surface area (Å²) in [4.78, 5) is 14.5. The van der Waals surface area contributed by atoms with E-state index in [0.29, 0.717) is 0 Å². The molecule has 0 aromatic heterocycles. The predicted octanol–water partition coefficient (Wildman–Crippen LogP) is 1.17. The Hall–Kier alpha value is -1.04. The second kappa shape index (κ2) is 2.54. The van der Waals surface area contributed by atoms with Gasteiger partial charge >= 0.3 is 5.66 Å². The molecule has 1 aliphatic rings. The van der Waals surface area contributed by atoms with E-state index in [1.54, 1.807) is 0 Å². The monoisotopic (exact) mass is 152 g/mol. The Bertz CT molecular complexity index is 211. The number of carbonyl (C=O) groups excluding carboxylic acids is 1. The lowest BCUT2D eigenvalue weighted by molar-refractivity contribution is -0.124. The molecule has 0 unspecified atom stereocenters. The number of hydrogen-bond acceptors (Lipinski definition) is 1. The Morgan fingerprint density at radius 3 is 2.45 bits per heavy atom. The quantitative estimate of drug-likeness (QED) is 0.592. The van der Waals surface area contributed by atoms with Crippen molar-refractivity contribution in [1.82, 2.24) is 5.32 Å². The number of nitrogens with one attached hydrogen (secondary N) is 1. The number of rotatable bonds is 2. The summed E-state index contributed by atoms with van der Waals surface area (Å²) >= 11 is 0. The topological polar surface area (TPSA) is 33.5 Å². The first kappa shape index (κ1) is 8.06. The lowest BCUT2D eigenvalue weighted by Gasteiger charge is -2.07. The highest BCUT2D eigenvalue weighted by Gasteiger charge is 2.52. The molecule has 0 aromatic carbocycles. The van der Waals surface area contributed by atoms with E-state index in [4.69, 9.17) is 6.57 Å². The average Bonchev–Trinajstić information content (AvgIpc) is 2.69. The largest absolute Gasteiger partial charge is 0.308 e. The summed E-state index contributed by atoms with van der Waals surface area (Å²) in [6.45, 7) is 10.5. The number of hydrogen-bond donors (Lipinski definition) is 1. The molecule has 1 amide bonds. The molecule has 0 heterocycles. The summed E-state index contributed by atoms with van der Waals surface area (Å²) in [5.41, 5.74) is -0.513. The van der Waals surface area contributed by atoms with E-state index in [-0.39, 0.29) is 11.8 Å². The van der Waals surface area contributed by atoms with Gasteiger partial charge in [0.15, 0.2) is 0 Å². The Kier molecular flexibility index (Phi) is 1.86. The maximum Gasteiger partial charge on any atom is 0.308 e. The highest BCUT2D eigenvalue weighted by molar-refractivity contribution is 5.79. The van der Waals surface area contributed by atoms with Crippen molar-refractivity contribution in [3.8, 4) is 0 Å². The van der Waals surface area contributed by atoms with Gasteiger partial charge in [0.2, 0.25) is 5.91 Å². The predicted molar refractivity (Wildman–Crippen MR) is 41.5 cm³/mol. The molecule has 1 aliphatic carbocycles. The molecule has 3 heteroatoms. The molecule has 0 bridgehead atoms. The highest BCUT2D eigenvalue weighted by atomic mass is 16.2. The van der Waals surface area contributed by atoms with Crippen LogP contribution < -0.4 is 5.32 Å². The van der Waals surface area contributed by atoms with Crippen LogP contribution in [0.2, 0.25) is 0 Å². The van der Waals surface area contributed by atoms with Gasteiger partial charge in [0, 0.05) is 5.92 Å². The van der Waals surface area contributed by atoms with Crippen LogP contribution in [0, 0.1) is 12.5 Å². The van der Waals surface area contributed by atoms with Crippen molar-refractivity contribution >= 4 is 5.91 Å². The lowest BCUT2D eigenvalue weighted by atomic mass is 10.2. The molecular formula is C8H12N2O. The fraction of sp³-hybridized carbons (Fsp3) is 0.750. The number of nitrogens with zero attached hydrogens (tertiary/aromatic N) is 1. The van der Waals surface area contributed by atoms with E-state index in [1.807, 2.05) is 13.8 Å². The standard InChI is InChI=1S/C8H12N2O/c1-6(2)7(11)10-8(9-3)4-5-8/h6H,4-5H2,1-2H3,(H,10,11). The Labute approximate surface area is 66.6 Å². The van der Waals surface area contributed by atoms with Crippen molar-refractivity contribution < 1.29 is 4.79 Å². The van der Waals surface area contributed by atoms with Gasteiger partial charge in [0.1, 0.15) is 0 Å². The zero-order valence-electron chi connectivity index (χ0n) is 6.85. The van der Waals surface area contributed by atoms with E-state index in [1.165, 1.54) is 0 Å². The van der Waals surface area contributed by atoms with E-state index in [2.05, 4.69) is 10.2 Å². The SMILES string of the molecule is [C-]#[N+]C1(NC(=O)C(C)C)CC1. The number of carbonyl (C=O) groups is 1. The smallest absolute Gasteiger partial charge is 0.287 e. The van der Waals surface area contributed by atoms with Gasteiger partial charge in [0.05, 0.1) is 12.8 Å². The van der Waals surface area contributed by atoms with Crippen molar-refractivity contribution in [2.45, 2.75) is 32.4 Å². The van der Waals surface area contributed by atoms with Gasteiger partial charge in [-0.3, -0.25) is 15.0 Å². The molecule has 3 nitrogen and oxygen atoms in total. The van der Waals surface area contributed by atoms with Gasteiger partial charge in [-0.15, -0.1) is 0 Å². The average molecular weight is 152 g/mol. The number of amides is 1. The Morgan fingerprint density at radius 1 is 1.64 bits per heavy atom. The third kappa shape index (κ3) is 1.70. The Balaban J connectivity index is 2.44. The molecule has 60 valence electrons. The summed E-state index contributed by atoms with van der Waals surface area (Å²) in [5, 5.41) is 2.72. The minimum Gasteiger partial charge on any atom is -0.287 e. The van der Waals surface area contributed by atoms with Crippen molar-refractivity contribution in [1.29, 1.82) is 0 Å². The van der Waals surface area contributed by atoms with Crippen molar-refractivity contribution in [3.63, 3.8) is 0 Å². The molecule has 0 aromatic rings. The second-order valence-corrected chi connectivity index (χ2v) is 3.29. The van der Waals surface area contributed by atoms with E-state index >= 15 is 0 Å². The van der Waals surface area contributed by atoms with Crippen LogP contribution in [0.3, 0.4) is 0 Å². The van der Waals surface area contributed by atoms with Crippen LogP contribution in [0.5, 0.6) is 0 Å². The molecule has 0 spiro atoms. The maximum atomic E-state index is 11.1. The summed E-state index contributed by atoms with van der Waals surface area (Å²) < 4.78 is 0. The van der Waals surface area contributed by atoms with Crippen LogP contribution in [-0.4, -0.2) is 11.6 Å². The molecule has 0 radical (unpaired) electrons. The zero-order valence-corrected chi connectivity index (χ0v) is 6.85. The fourth-order valence-corrected chi connectivity index (χ4v) is 0.757. The van der Waals surface area contributed by atoms with Gasteiger partial charge in [-0.1, -0.05) is 13.8 Å². The van der Waals surface area contributed by atoms with Crippen LogP contribution in [0.4, 0.5) is 0 Å². The third-order valence-corrected chi connectivity index (χ3v) is 1.82. The molecular weight excluding hydrogens is 140 g/mol. The van der Waals surface area contributed by atoms with Crippen LogP contribution in [0.25, 0.3) is 4.85 Å². The van der Waals surface area contributed by atoms with Gasteiger partial charge in [0.25, 0.3) is 0 Å². The Morgan fingerprint density at radius 2 is 2.18 bits per heavy atom. The van der Waals surface area contributed by atoms with E-state index < -0.39 is 5.66 Å². The normalized spacial score (nSPS) is 19.1. The first-order chi connectivity index (χ1) is 5.09. The summed E-state index contributed by atoms with van der Waals surface area (Å²) in [5.74, 6) is -0.0345. The molecule has 11 heavy (non-hydrogen) atoms. The molecule has 0 saturated heterocycles. The van der Waals surface area contributed by atoms with E-state index in [9.17, 15) is 4.79 Å². The molecule has 0 atom stereocenters. The molecule has 0 aliphatic heterocycles. The van der Waals surface area contributed by atoms with Crippen molar-refractivity contribution in [2.24, 2.45) is 5.92 Å². The maximum absolute atomic E-state index is 11.1. The second-order valence-electron chi connectivity index (χ2n) is 3.29. The van der Waals surface area contributed by atoms with Gasteiger partial charge in [-0.25, -0.2) is 6.57 Å². The highest BCUT2D eigenvalue weighted by Crippen LogP contribution is 2.36. The minimum atomic E-state index is -0.513. The van der Waals surface area contributed by atoms with Crippen molar-refractivity contribution in [2.75, 3.05) is 0 Å². The lowest BCUT2D eigenvalue weighted by Crippen LogP contribution is -2.36. The van der Waals surface area contributed by atoms with Crippen LogP contribution in [-0.2, 0) is 4.79 Å². The fourth-order valence-electron chi connectivity index (χ4n) is 0.757. The third-order valence-electron chi connectivity index (χ3n) is 1.82. The summed E-state index contributed by atoms with van der Waals surface area (Å²) in [7, 11) is 0. The molecule has 1 rings (SSSR count). The first-order valence-electron chi connectivity index (χ1n) is 3.80.